The number of Topliss-reactive ketones (excluding diaryl/α,β-unsaturated/α-hetero) is 2. The summed E-state index contributed by atoms with van der Waals surface area (Å²) in [6, 6.07) is 1.67. The SMILES string of the molecule is CCCSSC[C@H](CC(=O)[C@H](CC(=O)O)NC(=O)[C@H](CCCN=C(N)N)CC(=O)[C@H](C)NC(=O)CC[C@H](NC(=O)c1ccc(NCc2cnc3nc(N)[nH]c(=O)c3n2)cc1)C(=O)O)C(=O)O. The lowest BCUT2D eigenvalue weighted by Gasteiger charge is -2.23. The number of carbonyl (C=O) groups excluding carboxylic acids is 5. The van der Waals surface area contributed by atoms with Crippen molar-refractivity contribution in [1.29, 1.82) is 0 Å². The lowest BCUT2D eigenvalue weighted by atomic mass is 9.92. The number of nitrogens with zero attached hydrogens (tertiary/aromatic N) is 4. The van der Waals surface area contributed by atoms with Gasteiger partial charge in [-0.2, -0.15) is 4.98 Å². The molecule has 1 aromatic carbocycles. The molecule has 0 spiro atoms. The fraction of sp³-hybridized carbons (Fsp3) is 0.475. The number of rotatable bonds is 30. The van der Waals surface area contributed by atoms with Gasteiger partial charge in [0.15, 0.2) is 28.7 Å². The molecule has 3 rings (SSSR count). The Balaban J connectivity index is 1.58. The van der Waals surface area contributed by atoms with E-state index in [-0.39, 0.29) is 66.7 Å². The summed E-state index contributed by atoms with van der Waals surface area (Å²) < 4.78 is 0. The van der Waals surface area contributed by atoms with Crippen LogP contribution in [0.2, 0.25) is 0 Å². The van der Waals surface area contributed by atoms with Gasteiger partial charge >= 0.3 is 17.9 Å². The van der Waals surface area contributed by atoms with Gasteiger partial charge in [-0.1, -0.05) is 28.5 Å². The third-order valence-corrected chi connectivity index (χ3v) is 12.3. The van der Waals surface area contributed by atoms with Crippen molar-refractivity contribution >= 4 is 97.5 Å². The van der Waals surface area contributed by atoms with Crippen LogP contribution < -0.4 is 44.0 Å². The van der Waals surface area contributed by atoms with Gasteiger partial charge in [-0.25, -0.2) is 14.8 Å². The first-order valence-electron chi connectivity index (χ1n) is 20.6. The lowest BCUT2D eigenvalue weighted by Crippen LogP contribution is -2.47. The summed E-state index contributed by atoms with van der Waals surface area (Å²) in [7, 11) is 2.70. The molecule has 66 heavy (non-hydrogen) atoms. The summed E-state index contributed by atoms with van der Waals surface area (Å²) in [6.45, 7) is 3.50. The maximum atomic E-state index is 13.6. The average molecular weight is 959 g/mol. The van der Waals surface area contributed by atoms with Crippen LogP contribution in [-0.2, 0) is 40.1 Å². The van der Waals surface area contributed by atoms with Gasteiger partial charge < -0.3 is 53.8 Å². The number of benzene rings is 1. The van der Waals surface area contributed by atoms with E-state index in [1.54, 1.807) is 12.1 Å². The molecule has 0 radical (unpaired) electrons. The average Bonchev–Trinajstić information content (AvgIpc) is 3.25. The molecular formula is C40H54N12O12S2. The predicted octanol–water partition coefficient (Wildman–Crippen LogP) is 0.415. The Bertz CT molecular complexity index is 2310. The molecule has 2 aromatic heterocycles. The summed E-state index contributed by atoms with van der Waals surface area (Å²) >= 11 is 0. The number of nitrogen functional groups attached to an aromatic ring is 1. The van der Waals surface area contributed by atoms with Crippen LogP contribution in [0.1, 0.15) is 81.3 Å². The highest BCUT2D eigenvalue weighted by Crippen LogP contribution is 2.27. The third-order valence-electron chi connectivity index (χ3n) is 9.57. The summed E-state index contributed by atoms with van der Waals surface area (Å²) in [6.07, 6.45) is -0.235. The first-order chi connectivity index (χ1) is 31.3. The minimum absolute atomic E-state index is 0.00262. The van der Waals surface area contributed by atoms with Crippen molar-refractivity contribution in [3.63, 3.8) is 0 Å². The second-order valence-electron chi connectivity index (χ2n) is 14.9. The fourth-order valence-corrected chi connectivity index (χ4v) is 8.47. The first-order valence-corrected chi connectivity index (χ1v) is 23.0. The number of aromatic nitrogens is 4. The number of aliphatic carboxylic acids is 3. The van der Waals surface area contributed by atoms with Gasteiger partial charge in [0.05, 0.1) is 42.9 Å². The normalized spacial score (nSPS) is 13.2. The summed E-state index contributed by atoms with van der Waals surface area (Å²) in [5.41, 5.74) is 16.9. The van der Waals surface area contributed by atoms with Crippen molar-refractivity contribution in [2.24, 2.45) is 28.3 Å². The molecule has 0 bridgehead atoms. The van der Waals surface area contributed by atoms with Crippen LogP contribution >= 0.6 is 21.6 Å². The minimum Gasteiger partial charge on any atom is -0.481 e. The zero-order valence-corrected chi connectivity index (χ0v) is 37.7. The monoisotopic (exact) mass is 958 g/mol. The number of anilines is 2. The Morgan fingerprint density at radius 3 is 2.18 bits per heavy atom. The number of H-pyrrole nitrogens is 1. The van der Waals surface area contributed by atoms with Crippen molar-refractivity contribution in [2.45, 2.75) is 89.9 Å². The zero-order chi connectivity index (χ0) is 48.9. The molecule has 24 nitrogen and oxygen atoms in total. The van der Waals surface area contributed by atoms with E-state index < -0.39 is 108 Å². The number of ketones is 2. The van der Waals surface area contributed by atoms with Gasteiger partial charge in [0.2, 0.25) is 17.8 Å². The second kappa shape index (κ2) is 26.8. The number of aliphatic imine (C=N–C) groups is 1. The molecule has 5 atom stereocenters. The molecule has 0 aliphatic heterocycles. The van der Waals surface area contributed by atoms with Gasteiger partial charge in [-0.3, -0.25) is 48.3 Å². The number of guanidine groups is 1. The molecular weight excluding hydrogens is 905 g/mol. The molecule has 2 heterocycles. The number of carbonyl (C=O) groups is 8. The van der Waals surface area contributed by atoms with E-state index in [1.165, 1.54) is 46.8 Å². The fourth-order valence-electron chi connectivity index (χ4n) is 6.03. The van der Waals surface area contributed by atoms with Crippen LogP contribution in [0.4, 0.5) is 11.6 Å². The molecule has 0 saturated heterocycles. The molecule has 26 heteroatoms. The van der Waals surface area contributed by atoms with Crippen molar-refractivity contribution < 1.29 is 53.7 Å². The molecule has 0 unspecified atom stereocenters. The Morgan fingerprint density at radius 2 is 1.55 bits per heavy atom. The van der Waals surface area contributed by atoms with Crippen LogP contribution in [0.25, 0.3) is 11.2 Å². The Morgan fingerprint density at radius 1 is 0.848 bits per heavy atom. The highest BCUT2D eigenvalue weighted by molar-refractivity contribution is 8.76. The van der Waals surface area contributed by atoms with Gasteiger partial charge in [-0.05, 0) is 56.9 Å². The number of aromatic amines is 1. The first kappa shape index (κ1) is 53.5. The van der Waals surface area contributed by atoms with Crippen molar-refractivity contribution in [1.82, 2.24) is 35.9 Å². The van der Waals surface area contributed by atoms with E-state index in [1.807, 2.05) is 6.92 Å². The summed E-state index contributed by atoms with van der Waals surface area (Å²) in [4.78, 5) is 132. The molecule has 3 amide bonds. The van der Waals surface area contributed by atoms with Crippen LogP contribution in [0.3, 0.4) is 0 Å². The van der Waals surface area contributed by atoms with Crippen molar-refractivity contribution in [3.05, 3.63) is 52.1 Å². The smallest absolute Gasteiger partial charge is 0.326 e. The van der Waals surface area contributed by atoms with Crippen LogP contribution in [0, 0.1) is 11.8 Å². The van der Waals surface area contributed by atoms with E-state index in [0.717, 1.165) is 12.2 Å². The number of hydrogen-bond acceptors (Lipinski definition) is 17. The molecule has 0 fully saturated rings. The van der Waals surface area contributed by atoms with Gasteiger partial charge in [0, 0.05) is 54.5 Å². The van der Waals surface area contributed by atoms with E-state index in [2.05, 4.69) is 46.2 Å². The lowest BCUT2D eigenvalue weighted by molar-refractivity contribution is -0.144. The Kier molecular flexibility index (Phi) is 21.8. The number of nitrogens with two attached hydrogens (primary N) is 3. The maximum absolute atomic E-state index is 13.6. The number of fused-ring (bicyclic) bond motifs is 1. The van der Waals surface area contributed by atoms with Gasteiger partial charge in [0.1, 0.15) is 6.04 Å². The highest BCUT2D eigenvalue weighted by atomic mass is 33.1. The van der Waals surface area contributed by atoms with Gasteiger partial charge in [-0.15, -0.1) is 0 Å². The van der Waals surface area contributed by atoms with Crippen LogP contribution in [-0.4, -0.2) is 125 Å². The number of carboxylic acid groups (broad SMARTS) is 3. The van der Waals surface area contributed by atoms with E-state index in [9.17, 15) is 58.5 Å². The quantitative estimate of drug-likeness (QED) is 0.0187. The topological polar surface area (TPSA) is 407 Å². The summed E-state index contributed by atoms with van der Waals surface area (Å²) in [5, 5.41) is 39.3. The summed E-state index contributed by atoms with van der Waals surface area (Å²) in [5.74, 6) is -9.73. The second-order valence-corrected chi connectivity index (χ2v) is 17.5. The van der Waals surface area contributed by atoms with Gasteiger partial charge in [0.25, 0.3) is 11.5 Å². The largest absolute Gasteiger partial charge is 0.481 e. The van der Waals surface area contributed by atoms with Crippen LogP contribution in [0.15, 0.2) is 40.2 Å². The Hall–Kier alpha value is -6.83. The number of nitrogens with one attached hydrogen (secondary N) is 5. The zero-order valence-electron chi connectivity index (χ0n) is 36.1. The van der Waals surface area contributed by atoms with E-state index >= 15 is 0 Å². The highest BCUT2D eigenvalue weighted by Gasteiger charge is 2.33. The standard InChI is InChI=1S/C40H54N12O12S2/c1-3-13-65-66-19-23(37(61)62)15-29(54)27(16-31(56)57)50-35(59)22(5-4-12-44-39(41)42)14-28(53)20(2)47-30(55)11-10-26(38(63)64)49-34(58)21-6-8-24(9-7-21)45-17-25-18-46-33-32(48-25)36(60)52-40(43)51-33/h6-9,18,20,22-23,26-27,45H,3-5,10-17,19H2,1-2H3,(H,47,55)(H,49,58)(H,50,59)(H,56,57)(H,61,62)(H,63,64)(H4,41,42,44)(H3,43,46,51,52,60)/t20-,22+,23-,26-,27-/m0/s1. The molecule has 0 aliphatic carbocycles. The molecule has 0 aliphatic rings. The third kappa shape index (κ3) is 18.3. The number of carboxylic acids is 3. The number of amides is 3. The number of hydrogen-bond donors (Lipinski definition) is 11. The molecule has 358 valence electrons. The molecule has 14 N–H and O–H groups in total. The molecule has 3 aromatic rings. The molecule has 0 saturated carbocycles. The Labute approximate surface area is 385 Å². The minimum atomic E-state index is -1.60. The van der Waals surface area contributed by atoms with Crippen molar-refractivity contribution in [2.75, 3.05) is 29.1 Å². The maximum Gasteiger partial charge on any atom is 0.326 e. The van der Waals surface area contributed by atoms with Crippen LogP contribution in [0.5, 0.6) is 0 Å². The van der Waals surface area contributed by atoms with Crippen molar-refractivity contribution in [3.8, 4) is 0 Å². The predicted molar refractivity (Wildman–Crippen MR) is 245 cm³/mol. The van der Waals surface area contributed by atoms with E-state index in [4.69, 9.17) is 17.2 Å². The van der Waals surface area contributed by atoms with E-state index in [0.29, 0.717) is 11.4 Å².